The van der Waals surface area contributed by atoms with Gasteiger partial charge in [-0.2, -0.15) is 0 Å². The lowest BCUT2D eigenvalue weighted by atomic mass is 9.97. The van der Waals surface area contributed by atoms with Crippen LogP contribution in [0.1, 0.15) is 27.7 Å². The molecule has 0 saturated heterocycles. The first-order valence-corrected chi connectivity index (χ1v) is 8.64. The average Bonchev–Trinajstić information content (AvgIpc) is 2.98. The molecule has 0 fully saturated rings. The molecule has 1 aliphatic rings. The summed E-state index contributed by atoms with van der Waals surface area (Å²) in [7, 11) is 6.19. The SMILES string of the molecule is COc1cc(OC)c([C@H]2c3c(oc4ccccc4c3=O)C(=O)N2C)cc1OC. The highest BCUT2D eigenvalue weighted by atomic mass is 16.5. The standard InChI is InChI=1S/C21H19NO6/c1-22-18(12-9-15(26-3)16(27-4)10-14(12)25-2)17-19(23)11-7-5-6-8-13(11)28-20(17)21(22)24/h5-10,18H,1-4H3/t18-/m0/s1. The molecule has 7 nitrogen and oxygen atoms in total. The van der Waals surface area contributed by atoms with Gasteiger partial charge in [-0.1, -0.05) is 12.1 Å². The molecular formula is C21H19NO6. The van der Waals surface area contributed by atoms with E-state index in [2.05, 4.69) is 0 Å². The van der Waals surface area contributed by atoms with Crippen molar-refractivity contribution in [2.45, 2.75) is 6.04 Å². The molecule has 144 valence electrons. The van der Waals surface area contributed by atoms with Crippen molar-refractivity contribution >= 4 is 16.9 Å². The van der Waals surface area contributed by atoms with Gasteiger partial charge in [-0.15, -0.1) is 0 Å². The van der Waals surface area contributed by atoms with E-state index in [1.807, 2.05) is 0 Å². The molecule has 1 atom stereocenters. The first kappa shape index (κ1) is 17.9. The first-order valence-electron chi connectivity index (χ1n) is 8.64. The predicted molar refractivity (Wildman–Crippen MR) is 103 cm³/mol. The van der Waals surface area contributed by atoms with E-state index in [9.17, 15) is 9.59 Å². The third-order valence-corrected chi connectivity index (χ3v) is 5.04. The lowest BCUT2D eigenvalue weighted by molar-refractivity contribution is 0.0770. The Morgan fingerprint density at radius 3 is 2.25 bits per heavy atom. The third kappa shape index (κ3) is 2.43. The molecule has 7 heteroatoms. The van der Waals surface area contributed by atoms with Crippen LogP contribution < -0.4 is 19.6 Å². The van der Waals surface area contributed by atoms with Gasteiger partial charge in [0.2, 0.25) is 5.76 Å². The summed E-state index contributed by atoms with van der Waals surface area (Å²) in [6.45, 7) is 0. The molecule has 3 aromatic rings. The number of amides is 1. The highest BCUT2D eigenvalue weighted by molar-refractivity contribution is 5.99. The average molecular weight is 381 g/mol. The largest absolute Gasteiger partial charge is 0.496 e. The maximum Gasteiger partial charge on any atom is 0.290 e. The number of methoxy groups -OCH3 is 3. The fraction of sp³-hybridized carbons (Fsp3) is 0.238. The van der Waals surface area contributed by atoms with Crippen LogP contribution in [0, 0.1) is 0 Å². The molecule has 0 saturated carbocycles. The lowest BCUT2D eigenvalue weighted by Gasteiger charge is -2.23. The Balaban J connectivity index is 2.03. The van der Waals surface area contributed by atoms with Crippen molar-refractivity contribution in [2.24, 2.45) is 0 Å². The van der Waals surface area contributed by atoms with Gasteiger partial charge in [0.1, 0.15) is 11.3 Å². The maximum absolute atomic E-state index is 13.2. The number of ether oxygens (including phenoxy) is 3. The smallest absolute Gasteiger partial charge is 0.290 e. The van der Waals surface area contributed by atoms with Crippen LogP contribution in [0.5, 0.6) is 17.2 Å². The summed E-state index contributed by atoms with van der Waals surface area (Å²) in [6.07, 6.45) is 0. The monoisotopic (exact) mass is 381 g/mol. The van der Waals surface area contributed by atoms with Crippen molar-refractivity contribution in [2.75, 3.05) is 28.4 Å². The van der Waals surface area contributed by atoms with Gasteiger partial charge in [-0.05, 0) is 18.2 Å². The lowest BCUT2D eigenvalue weighted by Crippen LogP contribution is -2.25. The summed E-state index contributed by atoms with van der Waals surface area (Å²) in [6, 6.07) is 9.61. The minimum atomic E-state index is -0.668. The molecule has 0 bridgehead atoms. The highest BCUT2D eigenvalue weighted by Gasteiger charge is 2.42. The highest BCUT2D eigenvalue weighted by Crippen LogP contribution is 2.44. The zero-order valence-electron chi connectivity index (χ0n) is 15.9. The van der Waals surface area contributed by atoms with E-state index in [0.29, 0.717) is 33.8 Å². The van der Waals surface area contributed by atoms with E-state index in [1.54, 1.807) is 43.4 Å². The molecule has 4 rings (SSSR count). The van der Waals surface area contributed by atoms with Gasteiger partial charge in [0.15, 0.2) is 16.9 Å². The van der Waals surface area contributed by atoms with Crippen LogP contribution in [0.4, 0.5) is 0 Å². The van der Waals surface area contributed by atoms with Crippen LogP contribution in [-0.4, -0.2) is 39.2 Å². The molecular weight excluding hydrogens is 362 g/mol. The Hall–Kier alpha value is -3.48. The van der Waals surface area contributed by atoms with Crippen LogP contribution in [0.15, 0.2) is 45.6 Å². The van der Waals surface area contributed by atoms with Gasteiger partial charge in [0, 0.05) is 18.7 Å². The Bertz CT molecular complexity index is 1150. The fourth-order valence-electron chi connectivity index (χ4n) is 3.67. The quantitative estimate of drug-likeness (QED) is 0.691. The molecule has 1 aromatic heterocycles. The molecule has 1 amide bonds. The number of para-hydroxylation sites is 1. The summed E-state index contributed by atoms with van der Waals surface area (Å²) in [5.74, 6) is 1.12. The van der Waals surface area contributed by atoms with Crippen molar-refractivity contribution in [3.63, 3.8) is 0 Å². The molecule has 0 aliphatic carbocycles. The number of benzene rings is 2. The van der Waals surface area contributed by atoms with E-state index in [-0.39, 0.29) is 22.7 Å². The van der Waals surface area contributed by atoms with Crippen molar-refractivity contribution in [3.8, 4) is 17.2 Å². The third-order valence-electron chi connectivity index (χ3n) is 5.04. The van der Waals surface area contributed by atoms with Crippen molar-refractivity contribution in [1.29, 1.82) is 0 Å². The van der Waals surface area contributed by atoms with E-state index in [1.165, 1.54) is 26.2 Å². The van der Waals surface area contributed by atoms with Crippen LogP contribution in [0.3, 0.4) is 0 Å². The Kier molecular flexibility index (Phi) is 4.22. The van der Waals surface area contributed by atoms with E-state index in [0.717, 1.165) is 0 Å². The number of carbonyl (C=O) groups excluding carboxylic acids is 1. The summed E-state index contributed by atoms with van der Waals surface area (Å²) in [4.78, 5) is 27.6. The molecule has 28 heavy (non-hydrogen) atoms. The number of nitrogens with zero attached hydrogens (tertiary/aromatic N) is 1. The fourth-order valence-corrected chi connectivity index (χ4v) is 3.67. The molecule has 2 aromatic carbocycles. The van der Waals surface area contributed by atoms with Gasteiger partial charge < -0.3 is 23.5 Å². The minimum absolute atomic E-state index is 0.0491. The summed E-state index contributed by atoms with van der Waals surface area (Å²) >= 11 is 0. The summed E-state index contributed by atoms with van der Waals surface area (Å²) in [5.41, 5.74) is 1.04. The second kappa shape index (κ2) is 6.60. The van der Waals surface area contributed by atoms with Gasteiger partial charge in [-0.3, -0.25) is 9.59 Å². The topological polar surface area (TPSA) is 78.2 Å². The second-order valence-electron chi connectivity index (χ2n) is 6.44. The number of hydrogen-bond acceptors (Lipinski definition) is 6. The number of rotatable bonds is 4. The Morgan fingerprint density at radius 2 is 1.57 bits per heavy atom. The van der Waals surface area contributed by atoms with Gasteiger partial charge in [0.05, 0.1) is 38.3 Å². The normalized spacial score (nSPS) is 15.6. The van der Waals surface area contributed by atoms with Gasteiger partial charge in [0.25, 0.3) is 5.91 Å². The predicted octanol–water partition coefficient (Wildman–Crippen LogP) is 2.99. The first-order chi connectivity index (χ1) is 13.5. The zero-order valence-corrected chi connectivity index (χ0v) is 15.9. The molecule has 0 spiro atoms. The molecule has 0 radical (unpaired) electrons. The second-order valence-corrected chi connectivity index (χ2v) is 6.44. The number of carbonyl (C=O) groups is 1. The van der Waals surface area contributed by atoms with Crippen LogP contribution >= 0.6 is 0 Å². The molecule has 2 heterocycles. The van der Waals surface area contributed by atoms with Crippen LogP contribution in [0.2, 0.25) is 0 Å². The van der Waals surface area contributed by atoms with Gasteiger partial charge in [-0.25, -0.2) is 0 Å². The summed E-state index contributed by atoms with van der Waals surface area (Å²) in [5, 5.41) is 0.425. The zero-order chi connectivity index (χ0) is 20.0. The van der Waals surface area contributed by atoms with Gasteiger partial charge >= 0.3 is 0 Å². The number of hydrogen-bond donors (Lipinski definition) is 0. The van der Waals surface area contributed by atoms with E-state index >= 15 is 0 Å². The number of fused-ring (bicyclic) bond motifs is 2. The molecule has 1 aliphatic heterocycles. The Morgan fingerprint density at radius 1 is 0.929 bits per heavy atom. The van der Waals surface area contributed by atoms with Crippen molar-refractivity contribution < 1.29 is 23.4 Å². The van der Waals surface area contributed by atoms with Crippen molar-refractivity contribution in [1.82, 2.24) is 4.90 Å². The van der Waals surface area contributed by atoms with Crippen molar-refractivity contribution in [3.05, 3.63) is 63.5 Å². The van der Waals surface area contributed by atoms with Crippen LogP contribution in [0.25, 0.3) is 11.0 Å². The summed E-state index contributed by atoms with van der Waals surface area (Å²) < 4.78 is 22.1. The Labute approximate surface area is 161 Å². The van der Waals surface area contributed by atoms with Crippen LogP contribution in [-0.2, 0) is 0 Å². The maximum atomic E-state index is 13.2. The minimum Gasteiger partial charge on any atom is -0.496 e. The van der Waals surface area contributed by atoms with E-state index in [4.69, 9.17) is 18.6 Å². The molecule has 0 N–H and O–H groups in total. The van der Waals surface area contributed by atoms with E-state index < -0.39 is 6.04 Å². The molecule has 0 unspecified atom stereocenters.